The second-order valence-corrected chi connectivity index (χ2v) is 1.80. The fourth-order valence-electron chi connectivity index (χ4n) is 0.509. The van der Waals surface area contributed by atoms with E-state index in [1.54, 1.807) is 0 Å². The number of alkyl halides is 3. The molecule has 1 heterocycles. The Morgan fingerprint density at radius 2 is 2.00 bits per heavy atom. The molecular formula is C5H4F3N3. The van der Waals surface area contributed by atoms with Crippen LogP contribution in [0.15, 0.2) is 12.3 Å². The van der Waals surface area contributed by atoms with Crippen molar-refractivity contribution in [3.05, 3.63) is 18.1 Å². The monoisotopic (exact) mass is 163 g/mol. The molecule has 0 saturated heterocycles. The molecule has 0 fully saturated rings. The van der Waals surface area contributed by atoms with Crippen LogP contribution in [-0.2, 0) is 6.18 Å². The molecule has 11 heavy (non-hydrogen) atoms. The Morgan fingerprint density at radius 3 is 2.36 bits per heavy atom. The number of aromatic nitrogens is 2. The highest BCUT2D eigenvalue weighted by atomic mass is 19.4. The number of nitrogen functional groups attached to an aromatic ring is 1. The summed E-state index contributed by atoms with van der Waals surface area (Å²) in [5, 5.41) is 0. The second-order valence-electron chi connectivity index (χ2n) is 1.80. The standard InChI is InChI=1S/C5H4F3N3/c6-5(7,8)4-10-2-1-3(9)11-4/h1-2H,(H2,9,10,11). The molecule has 0 bridgehead atoms. The average molecular weight is 163 g/mol. The van der Waals surface area contributed by atoms with Crippen LogP contribution in [-0.4, -0.2) is 9.97 Å². The molecule has 0 spiro atoms. The zero-order valence-electron chi connectivity index (χ0n) is 5.26. The van der Waals surface area contributed by atoms with Crippen LogP contribution in [0.5, 0.6) is 0 Å². The summed E-state index contributed by atoms with van der Waals surface area (Å²) >= 11 is 0. The van der Waals surface area contributed by atoms with Gasteiger partial charge in [0.2, 0.25) is 5.82 Å². The van der Waals surface area contributed by atoms with Crippen LogP contribution in [0, 0.1) is 0 Å². The number of hydrogen-bond donors (Lipinski definition) is 1. The molecule has 1 aromatic heterocycles. The smallest absolute Gasteiger partial charge is 0.384 e. The van der Waals surface area contributed by atoms with Crippen molar-refractivity contribution >= 4 is 5.82 Å². The van der Waals surface area contributed by atoms with Crippen molar-refractivity contribution in [2.75, 3.05) is 5.73 Å². The molecule has 0 radical (unpaired) electrons. The summed E-state index contributed by atoms with van der Waals surface area (Å²) < 4.78 is 35.4. The third kappa shape index (κ3) is 1.79. The van der Waals surface area contributed by atoms with Crippen LogP contribution >= 0.6 is 0 Å². The molecule has 0 amide bonds. The summed E-state index contributed by atoms with van der Waals surface area (Å²) in [5.41, 5.74) is 5.00. The summed E-state index contributed by atoms with van der Waals surface area (Å²) in [4.78, 5) is 5.98. The van der Waals surface area contributed by atoms with Crippen LogP contribution in [0.1, 0.15) is 5.82 Å². The molecule has 60 valence electrons. The van der Waals surface area contributed by atoms with E-state index in [1.807, 2.05) is 0 Å². The lowest BCUT2D eigenvalue weighted by Gasteiger charge is -2.03. The summed E-state index contributed by atoms with van der Waals surface area (Å²) in [7, 11) is 0. The molecule has 2 N–H and O–H groups in total. The van der Waals surface area contributed by atoms with E-state index in [1.165, 1.54) is 6.07 Å². The maximum Gasteiger partial charge on any atom is 0.451 e. The van der Waals surface area contributed by atoms with Crippen molar-refractivity contribution in [3.63, 3.8) is 0 Å². The van der Waals surface area contributed by atoms with E-state index in [4.69, 9.17) is 5.73 Å². The largest absolute Gasteiger partial charge is 0.451 e. The quantitative estimate of drug-likeness (QED) is 0.622. The third-order valence-electron chi connectivity index (χ3n) is 0.931. The van der Waals surface area contributed by atoms with Gasteiger partial charge in [-0.2, -0.15) is 13.2 Å². The van der Waals surface area contributed by atoms with Gasteiger partial charge in [0.05, 0.1) is 0 Å². The van der Waals surface area contributed by atoms with Gasteiger partial charge >= 0.3 is 6.18 Å². The number of halogens is 3. The zero-order valence-corrected chi connectivity index (χ0v) is 5.26. The van der Waals surface area contributed by atoms with Crippen molar-refractivity contribution in [1.82, 2.24) is 9.97 Å². The molecule has 0 atom stereocenters. The SMILES string of the molecule is Nc1ccnc(C(F)(F)F)n1. The molecule has 0 aliphatic rings. The van der Waals surface area contributed by atoms with E-state index in [2.05, 4.69) is 9.97 Å². The predicted molar refractivity (Wildman–Crippen MR) is 31.4 cm³/mol. The van der Waals surface area contributed by atoms with Crippen molar-refractivity contribution in [3.8, 4) is 0 Å². The van der Waals surface area contributed by atoms with Crippen molar-refractivity contribution < 1.29 is 13.2 Å². The van der Waals surface area contributed by atoms with Gasteiger partial charge in [-0.3, -0.25) is 0 Å². The second kappa shape index (κ2) is 2.37. The van der Waals surface area contributed by atoms with Gasteiger partial charge in [0, 0.05) is 6.20 Å². The molecule has 0 aromatic carbocycles. The molecule has 6 heteroatoms. The first-order valence-corrected chi connectivity index (χ1v) is 2.66. The molecule has 1 rings (SSSR count). The lowest BCUT2D eigenvalue weighted by molar-refractivity contribution is -0.144. The van der Waals surface area contributed by atoms with Gasteiger partial charge in [0.25, 0.3) is 0 Å². The summed E-state index contributed by atoms with van der Waals surface area (Å²) in [6, 6.07) is 1.19. The van der Waals surface area contributed by atoms with Crippen LogP contribution in [0.25, 0.3) is 0 Å². The minimum atomic E-state index is -4.52. The van der Waals surface area contributed by atoms with E-state index in [0.29, 0.717) is 0 Å². The maximum atomic E-state index is 11.8. The molecular weight excluding hydrogens is 159 g/mol. The van der Waals surface area contributed by atoms with Gasteiger partial charge in [0.1, 0.15) is 5.82 Å². The number of nitrogens with zero attached hydrogens (tertiary/aromatic N) is 2. The van der Waals surface area contributed by atoms with Gasteiger partial charge in [-0.05, 0) is 6.07 Å². The van der Waals surface area contributed by atoms with Crippen LogP contribution in [0.3, 0.4) is 0 Å². The highest BCUT2D eigenvalue weighted by Crippen LogP contribution is 2.25. The number of hydrogen-bond acceptors (Lipinski definition) is 3. The molecule has 0 saturated carbocycles. The summed E-state index contributed by atoms with van der Waals surface area (Å²) in [6.45, 7) is 0. The molecule has 3 nitrogen and oxygen atoms in total. The lowest BCUT2D eigenvalue weighted by atomic mass is 10.5. The normalized spacial score (nSPS) is 11.5. The van der Waals surface area contributed by atoms with Gasteiger partial charge in [-0.1, -0.05) is 0 Å². The molecule has 0 aliphatic carbocycles. The van der Waals surface area contributed by atoms with Gasteiger partial charge in [-0.15, -0.1) is 0 Å². The highest BCUT2D eigenvalue weighted by Gasteiger charge is 2.34. The van der Waals surface area contributed by atoms with Crippen LogP contribution < -0.4 is 5.73 Å². The minimum absolute atomic E-state index is 0.188. The Bertz CT molecular complexity index is 257. The highest BCUT2D eigenvalue weighted by molar-refractivity contribution is 5.25. The van der Waals surface area contributed by atoms with E-state index in [9.17, 15) is 13.2 Å². The lowest BCUT2D eigenvalue weighted by Crippen LogP contribution is -2.11. The van der Waals surface area contributed by atoms with E-state index >= 15 is 0 Å². The van der Waals surface area contributed by atoms with E-state index in [0.717, 1.165) is 6.20 Å². The van der Waals surface area contributed by atoms with Crippen molar-refractivity contribution in [1.29, 1.82) is 0 Å². The first kappa shape index (κ1) is 7.77. The predicted octanol–water partition coefficient (Wildman–Crippen LogP) is 1.08. The topological polar surface area (TPSA) is 51.8 Å². The van der Waals surface area contributed by atoms with Crippen molar-refractivity contribution in [2.24, 2.45) is 0 Å². The van der Waals surface area contributed by atoms with Crippen LogP contribution in [0.2, 0.25) is 0 Å². The van der Waals surface area contributed by atoms with E-state index < -0.39 is 12.0 Å². The molecule has 1 aromatic rings. The zero-order chi connectivity index (χ0) is 8.48. The fourth-order valence-corrected chi connectivity index (χ4v) is 0.509. The Balaban J connectivity index is 3.06. The first-order chi connectivity index (χ1) is 5.00. The fraction of sp³-hybridized carbons (Fsp3) is 0.200. The summed E-state index contributed by atoms with van der Waals surface area (Å²) in [6.07, 6.45) is -3.56. The number of anilines is 1. The number of rotatable bonds is 0. The van der Waals surface area contributed by atoms with Crippen LogP contribution in [0.4, 0.5) is 19.0 Å². The third-order valence-corrected chi connectivity index (χ3v) is 0.931. The Hall–Kier alpha value is -1.33. The summed E-state index contributed by atoms with van der Waals surface area (Å²) in [5.74, 6) is -1.40. The Labute approximate surface area is 60.1 Å². The first-order valence-electron chi connectivity index (χ1n) is 2.66. The van der Waals surface area contributed by atoms with Gasteiger partial charge in [-0.25, -0.2) is 9.97 Å². The maximum absolute atomic E-state index is 11.8. The molecule has 0 aliphatic heterocycles. The van der Waals surface area contributed by atoms with E-state index in [-0.39, 0.29) is 5.82 Å². The minimum Gasteiger partial charge on any atom is -0.384 e. The Kier molecular flexibility index (Phi) is 1.67. The Morgan fingerprint density at radius 1 is 1.36 bits per heavy atom. The average Bonchev–Trinajstić information content (AvgIpc) is 1.86. The van der Waals surface area contributed by atoms with Gasteiger partial charge in [0.15, 0.2) is 0 Å². The number of nitrogens with two attached hydrogens (primary N) is 1. The van der Waals surface area contributed by atoms with Gasteiger partial charge < -0.3 is 5.73 Å². The molecule has 0 unspecified atom stereocenters. The van der Waals surface area contributed by atoms with Crippen molar-refractivity contribution in [2.45, 2.75) is 6.18 Å².